The minimum absolute atomic E-state index is 0.0567. The Kier molecular flexibility index (Phi) is 5.41. The van der Waals surface area contributed by atoms with Crippen LogP contribution >= 0.6 is 0 Å². The lowest BCUT2D eigenvalue weighted by Crippen LogP contribution is -2.51. The molecule has 0 aromatic heterocycles. The molecule has 1 fully saturated rings. The minimum Gasteiger partial charge on any atom is -0.368 e. The second-order valence-corrected chi connectivity index (χ2v) is 5.94. The number of hydrogen-bond acceptors (Lipinski definition) is 2. The first kappa shape index (κ1) is 16.3. The van der Waals surface area contributed by atoms with Crippen molar-refractivity contribution in [2.75, 3.05) is 31.1 Å². The molecule has 2 rings (SSSR count). The molecule has 0 atom stereocenters. The van der Waals surface area contributed by atoms with Gasteiger partial charge in [0.2, 0.25) is 0 Å². The van der Waals surface area contributed by atoms with Crippen LogP contribution in [0.5, 0.6) is 0 Å². The van der Waals surface area contributed by atoms with Crippen molar-refractivity contribution in [3.63, 3.8) is 0 Å². The van der Waals surface area contributed by atoms with Gasteiger partial charge in [-0.1, -0.05) is 19.4 Å². The quantitative estimate of drug-likeness (QED) is 0.930. The highest BCUT2D eigenvalue weighted by molar-refractivity contribution is 5.75. The van der Waals surface area contributed by atoms with E-state index < -0.39 is 0 Å². The molecular weight excluding hydrogens is 281 g/mol. The number of nitrogens with zero attached hydrogens (tertiary/aromatic N) is 2. The number of allylic oxidation sites excluding steroid dienone is 1. The van der Waals surface area contributed by atoms with E-state index in [1.807, 2.05) is 11.8 Å². The molecule has 0 unspecified atom stereocenters. The molecule has 1 aromatic carbocycles. The maximum atomic E-state index is 12.9. The minimum atomic E-state index is -0.228. The van der Waals surface area contributed by atoms with E-state index in [0.29, 0.717) is 19.0 Å². The summed E-state index contributed by atoms with van der Waals surface area (Å²) >= 11 is 0. The zero-order valence-corrected chi connectivity index (χ0v) is 13.5. The average Bonchev–Trinajstić information content (AvgIpc) is 2.53. The fourth-order valence-electron chi connectivity index (χ4n) is 2.25. The van der Waals surface area contributed by atoms with Crippen LogP contribution in [0, 0.1) is 11.7 Å². The van der Waals surface area contributed by atoms with Gasteiger partial charge in [-0.15, -0.1) is 0 Å². The summed E-state index contributed by atoms with van der Waals surface area (Å²) in [6.07, 6.45) is 1.79. The van der Waals surface area contributed by atoms with Gasteiger partial charge in [0.25, 0.3) is 0 Å². The molecule has 1 aliphatic rings. The number of carbonyl (C=O) groups excluding carboxylic acids is 1. The second-order valence-electron chi connectivity index (χ2n) is 5.94. The normalized spacial score (nSPS) is 16.1. The van der Waals surface area contributed by atoms with Crippen molar-refractivity contribution in [3.8, 4) is 0 Å². The van der Waals surface area contributed by atoms with Crippen molar-refractivity contribution in [1.82, 2.24) is 10.2 Å². The molecule has 0 saturated carbocycles. The van der Waals surface area contributed by atoms with Crippen LogP contribution in [0.1, 0.15) is 20.8 Å². The Balaban J connectivity index is 1.85. The molecule has 1 N–H and O–H groups in total. The van der Waals surface area contributed by atoms with E-state index in [0.717, 1.165) is 24.4 Å². The maximum Gasteiger partial charge on any atom is 0.321 e. The Morgan fingerprint density at radius 3 is 2.32 bits per heavy atom. The van der Waals surface area contributed by atoms with Crippen molar-refractivity contribution >= 4 is 11.7 Å². The fourth-order valence-corrected chi connectivity index (χ4v) is 2.25. The number of halogens is 1. The SMILES string of the molecule is C/C(=C\NC(=O)N1CCN(c2ccc(F)cc2)CC1)C(C)C. The Hall–Kier alpha value is -2.04. The van der Waals surface area contributed by atoms with Crippen molar-refractivity contribution in [1.29, 1.82) is 0 Å². The Morgan fingerprint density at radius 1 is 1.18 bits per heavy atom. The number of urea groups is 1. The fraction of sp³-hybridized carbons (Fsp3) is 0.471. The van der Waals surface area contributed by atoms with Crippen molar-refractivity contribution in [2.24, 2.45) is 5.92 Å². The molecule has 2 amide bonds. The number of nitrogens with one attached hydrogen (secondary N) is 1. The van der Waals surface area contributed by atoms with Gasteiger partial charge in [0, 0.05) is 38.1 Å². The first-order valence-electron chi connectivity index (χ1n) is 7.70. The van der Waals surface area contributed by atoms with Gasteiger partial charge in [0.05, 0.1) is 0 Å². The number of benzene rings is 1. The molecule has 0 bridgehead atoms. The van der Waals surface area contributed by atoms with Crippen LogP contribution in [0.2, 0.25) is 0 Å². The van der Waals surface area contributed by atoms with Gasteiger partial charge in [-0.25, -0.2) is 9.18 Å². The van der Waals surface area contributed by atoms with Crippen LogP contribution in [0.15, 0.2) is 36.0 Å². The predicted molar refractivity (Wildman–Crippen MR) is 87.3 cm³/mol. The zero-order chi connectivity index (χ0) is 16.1. The first-order chi connectivity index (χ1) is 10.5. The molecule has 5 heteroatoms. The smallest absolute Gasteiger partial charge is 0.321 e. The van der Waals surface area contributed by atoms with Gasteiger partial charge in [0.15, 0.2) is 0 Å². The third-order valence-electron chi connectivity index (χ3n) is 4.09. The van der Waals surface area contributed by atoms with E-state index in [1.165, 1.54) is 12.1 Å². The number of anilines is 1. The summed E-state index contributed by atoms with van der Waals surface area (Å²) in [6.45, 7) is 9.05. The van der Waals surface area contributed by atoms with Crippen LogP contribution in [-0.2, 0) is 0 Å². The molecular formula is C17H24FN3O. The van der Waals surface area contributed by atoms with Crippen LogP contribution in [0.25, 0.3) is 0 Å². The summed E-state index contributed by atoms with van der Waals surface area (Å²) in [7, 11) is 0. The van der Waals surface area contributed by atoms with Gasteiger partial charge < -0.3 is 15.1 Å². The summed E-state index contributed by atoms with van der Waals surface area (Å²) in [5.74, 6) is 0.199. The van der Waals surface area contributed by atoms with Crippen LogP contribution in [0.3, 0.4) is 0 Å². The van der Waals surface area contributed by atoms with E-state index in [-0.39, 0.29) is 11.8 Å². The Bertz CT molecular complexity index is 531. The lowest BCUT2D eigenvalue weighted by molar-refractivity contribution is 0.198. The van der Waals surface area contributed by atoms with E-state index in [9.17, 15) is 9.18 Å². The highest BCUT2D eigenvalue weighted by Gasteiger charge is 2.20. The third kappa shape index (κ3) is 4.23. The third-order valence-corrected chi connectivity index (χ3v) is 4.09. The highest BCUT2D eigenvalue weighted by atomic mass is 19.1. The van der Waals surface area contributed by atoms with Crippen LogP contribution in [-0.4, -0.2) is 37.1 Å². The largest absolute Gasteiger partial charge is 0.368 e. The van der Waals surface area contributed by atoms with Gasteiger partial charge in [0.1, 0.15) is 5.82 Å². The molecule has 0 spiro atoms. The lowest BCUT2D eigenvalue weighted by atomic mass is 10.1. The van der Waals surface area contributed by atoms with Crippen molar-refractivity contribution in [3.05, 3.63) is 41.9 Å². The summed E-state index contributed by atoms with van der Waals surface area (Å²) in [5.41, 5.74) is 2.15. The second kappa shape index (κ2) is 7.29. The maximum absolute atomic E-state index is 12.9. The van der Waals surface area contributed by atoms with E-state index in [4.69, 9.17) is 0 Å². The summed E-state index contributed by atoms with van der Waals surface area (Å²) in [5, 5.41) is 2.85. The van der Waals surface area contributed by atoms with Crippen molar-refractivity contribution in [2.45, 2.75) is 20.8 Å². The van der Waals surface area contributed by atoms with Crippen LogP contribution in [0.4, 0.5) is 14.9 Å². The van der Waals surface area contributed by atoms with Gasteiger partial charge in [-0.3, -0.25) is 0 Å². The highest BCUT2D eigenvalue weighted by Crippen LogP contribution is 2.17. The summed E-state index contributed by atoms with van der Waals surface area (Å²) in [6, 6.07) is 6.43. The van der Waals surface area contributed by atoms with Gasteiger partial charge in [-0.05, 0) is 37.1 Å². The number of hydrogen-bond donors (Lipinski definition) is 1. The van der Waals surface area contributed by atoms with E-state index in [1.54, 1.807) is 18.3 Å². The Labute approximate surface area is 131 Å². The monoisotopic (exact) mass is 305 g/mol. The first-order valence-corrected chi connectivity index (χ1v) is 7.70. The zero-order valence-electron chi connectivity index (χ0n) is 13.5. The summed E-state index contributed by atoms with van der Waals surface area (Å²) in [4.78, 5) is 16.1. The van der Waals surface area contributed by atoms with Gasteiger partial charge in [-0.2, -0.15) is 0 Å². The van der Waals surface area contributed by atoms with E-state index in [2.05, 4.69) is 24.1 Å². The summed E-state index contributed by atoms with van der Waals surface area (Å²) < 4.78 is 12.9. The topological polar surface area (TPSA) is 35.6 Å². The number of piperazine rings is 1. The molecule has 0 aliphatic carbocycles. The standard InChI is InChI=1S/C17H24FN3O/c1-13(2)14(3)12-19-17(22)21-10-8-20(9-11-21)16-6-4-15(18)5-7-16/h4-7,12-13H,8-11H2,1-3H3,(H,19,22)/b14-12+. The predicted octanol–water partition coefficient (Wildman–Crippen LogP) is 3.22. The number of rotatable bonds is 3. The molecule has 22 heavy (non-hydrogen) atoms. The molecule has 0 radical (unpaired) electrons. The van der Waals surface area contributed by atoms with Crippen LogP contribution < -0.4 is 10.2 Å². The van der Waals surface area contributed by atoms with Gasteiger partial charge >= 0.3 is 6.03 Å². The Morgan fingerprint density at radius 2 is 1.77 bits per heavy atom. The molecule has 1 aliphatic heterocycles. The number of amides is 2. The molecule has 4 nitrogen and oxygen atoms in total. The van der Waals surface area contributed by atoms with E-state index >= 15 is 0 Å². The van der Waals surface area contributed by atoms with Crippen molar-refractivity contribution < 1.29 is 9.18 Å². The molecule has 120 valence electrons. The number of carbonyl (C=O) groups is 1. The molecule has 1 saturated heterocycles. The lowest BCUT2D eigenvalue weighted by Gasteiger charge is -2.35. The molecule has 1 aromatic rings. The average molecular weight is 305 g/mol. The molecule has 1 heterocycles.